The van der Waals surface area contributed by atoms with E-state index in [4.69, 9.17) is 4.99 Å². The van der Waals surface area contributed by atoms with Crippen molar-refractivity contribution in [3.63, 3.8) is 0 Å². The Morgan fingerprint density at radius 1 is 1.18 bits per heavy atom. The molecule has 0 radical (unpaired) electrons. The number of nitrogens with zero attached hydrogens (tertiary/aromatic N) is 2. The van der Waals surface area contributed by atoms with Crippen LogP contribution in [0, 0.1) is 5.92 Å². The van der Waals surface area contributed by atoms with Gasteiger partial charge in [-0.15, -0.1) is 11.3 Å². The molecule has 1 aliphatic heterocycles. The van der Waals surface area contributed by atoms with Crippen molar-refractivity contribution in [1.29, 1.82) is 0 Å². The molecule has 1 amide bonds. The van der Waals surface area contributed by atoms with E-state index in [1.54, 1.807) is 11.3 Å². The summed E-state index contributed by atoms with van der Waals surface area (Å²) in [5.74, 6) is 1.40. The zero-order chi connectivity index (χ0) is 19.6. The van der Waals surface area contributed by atoms with Crippen LogP contribution in [0.3, 0.4) is 0 Å². The molecule has 1 aromatic carbocycles. The van der Waals surface area contributed by atoms with Gasteiger partial charge < -0.3 is 15.5 Å². The molecule has 0 saturated carbocycles. The van der Waals surface area contributed by atoms with Gasteiger partial charge in [0, 0.05) is 49.9 Å². The Hall–Kier alpha value is -2.34. The molecule has 3 rings (SSSR count). The highest BCUT2D eigenvalue weighted by atomic mass is 32.1. The third-order valence-corrected chi connectivity index (χ3v) is 5.84. The molecule has 2 heterocycles. The summed E-state index contributed by atoms with van der Waals surface area (Å²) in [6.45, 7) is 6.05. The van der Waals surface area contributed by atoms with Crippen molar-refractivity contribution in [2.24, 2.45) is 10.9 Å². The van der Waals surface area contributed by atoms with E-state index in [0.717, 1.165) is 45.0 Å². The molecule has 1 unspecified atom stereocenters. The van der Waals surface area contributed by atoms with E-state index in [9.17, 15) is 4.79 Å². The summed E-state index contributed by atoms with van der Waals surface area (Å²) in [6.07, 6.45) is 2.51. The van der Waals surface area contributed by atoms with Gasteiger partial charge in [0.2, 0.25) is 5.91 Å². The number of likely N-dealkylation sites (tertiary alicyclic amines) is 1. The highest BCUT2D eigenvalue weighted by Gasteiger charge is 2.28. The minimum atomic E-state index is 0.256. The second-order valence-electron chi connectivity index (χ2n) is 7.12. The zero-order valence-corrected chi connectivity index (χ0v) is 17.4. The number of carbonyl (C=O) groups is 1. The van der Waals surface area contributed by atoms with E-state index in [2.05, 4.69) is 47.2 Å². The molecule has 1 atom stereocenters. The Labute approximate surface area is 171 Å². The van der Waals surface area contributed by atoms with Crippen molar-refractivity contribution in [2.75, 3.05) is 32.7 Å². The number of hydrogen-bond donors (Lipinski definition) is 2. The quantitative estimate of drug-likeness (QED) is 0.504. The van der Waals surface area contributed by atoms with Gasteiger partial charge in [0.1, 0.15) is 0 Å². The first-order valence-electron chi connectivity index (χ1n) is 10.1. The molecule has 1 aliphatic rings. The Kier molecular flexibility index (Phi) is 7.91. The van der Waals surface area contributed by atoms with Crippen LogP contribution in [0.4, 0.5) is 0 Å². The molecule has 1 aromatic heterocycles. The van der Waals surface area contributed by atoms with E-state index in [1.807, 2.05) is 23.1 Å². The summed E-state index contributed by atoms with van der Waals surface area (Å²) in [5, 5.41) is 8.80. The first-order chi connectivity index (χ1) is 13.7. The van der Waals surface area contributed by atoms with Gasteiger partial charge in [-0.2, -0.15) is 0 Å². The molecular formula is C22H30N4OS. The molecule has 1 saturated heterocycles. The van der Waals surface area contributed by atoms with E-state index in [1.165, 1.54) is 10.4 Å². The molecule has 1 fully saturated rings. The molecule has 0 aliphatic carbocycles. The Bertz CT molecular complexity index is 745. The standard InChI is InChI=1S/C22H30N4OS/c1-2-23-22(24-12-10-20-9-6-14-28-20)25-16-19-15-21(27)26(17-19)13-11-18-7-4-3-5-8-18/h3-9,14,19H,2,10-13,15-17H2,1H3,(H2,23,24,25). The first kappa shape index (κ1) is 20.4. The Morgan fingerprint density at radius 2 is 2.04 bits per heavy atom. The molecule has 2 N–H and O–H groups in total. The maximum atomic E-state index is 12.3. The fourth-order valence-electron chi connectivity index (χ4n) is 3.42. The molecule has 5 nitrogen and oxygen atoms in total. The largest absolute Gasteiger partial charge is 0.357 e. The molecule has 2 aromatic rings. The van der Waals surface area contributed by atoms with Crippen molar-refractivity contribution in [1.82, 2.24) is 15.5 Å². The lowest BCUT2D eigenvalue weighted by atomic mass is 10.1. The summed E-state index contributed by atoms with van der Waals surface area (Å²) in [6, 6.07) is 14.6. The number of hydrogen-bond acceptors (Lipinski definition) is 3. The minimum absolute atomic E-state index is 0.256. The van der Waals surface area contributed by atoms with Crippen LogP contribution in [-0.4, -0.2) is 49.5 Å². The van der Waals surface area contributed by atoms with Crippen molar-refractivity contribution >= 4 is 23.2 Å². The number of carbonyl (C=O) groups excluding carboxylic acids is 1. The van der Waals surface area contributed by atoms with Gasteiger partial charge in [-0.3, -0.25) is 9.79 Å². The van der Waals surface area contributed by atoms with Crippen LogP contribution in [0.25, 0.3) is 0 Å². The van der Waals surface area contributed by atoms with Gasteiger partial charge in [0.25, 0.3) is 0 Å². The van der Waals surface area contributed by atoms with Gasteiger partial charge >= 0.3 is 0 Å². The van der Waals surface area contributed by atoms with Crippen molar-refractivity contribution in [3.05, 3.63) is 58.3 Å². The lowest BCUT2D eigenvalue weighted by Crippen LogP contribution is -2.38. The zero-order valence-electron chi connectivity index (χ0n) is 16.6. The monoisotopic (exact) mass is 398 g/mol. The molecule has 28 heavy (non-hydrogen) atoms. The Morgan fingerprint density at radius 3 is 2.79 bits per heavy atom. The number of rotatable bonds is 9. The average molecular weight is 399 g/mol. The molecule has 0 spiro atoms. The maximum Gasteiger partial charge on any atom is 0.223 e. The van der Waals surface area contributed by atoms with Crippen LogP contribution in [0.1, 0.15) is 23.8 Å². The summed E-state index contributed by atoms with van der Waals surface area (Å²) in [4.78, 5) is 20.4. The van der Waals surface area contributed by atoms with Gasteiger partial charge in [0.05, 0.1) is 0 Å². The second kappa shape index (κ2) is 10.9. The lowest BCUT2D eigenvalue weighted by molar-refractivity contribution is -0.127. The van der Waals surface area contributed by atoms with Crippen LogP contribution in [0.15, 0.2) is 52.8 Å². The number of thiophene rings is 1. The number of aliphatic imine (C=N–C) groups is 1. The number of amides is 1. The predicted molar refractivity (Wildman–Crippen MR) is 117 cm³/mol. The van der Waals surface area contributed by atoms with Crippen molar-refractivity contribution in [2.45, 2.75) is 26.2 Å². The molecule has 0 bridgehead atoms. The van der Waals surface area contributed by atoms with Gasteiger partial charge in [-0.25, -0.2) is 0 Å². The highest BCUT2D eigenvalue weighted by Crippen LogP contribution is 2.18. The van der Waals surface area contributed by atoms with Crippen LogP contribution in [-0.2, 0) is 17.6 Å². The third-order valence-electron chi connectivity index (χ3n) is 4.90. The smallest absolute Gasteiger partial charge is 0.223 e. The fraction of sp³-hybridized carbons (Fsp3) is 0.455. The second-order valence-corrected chi connectivity index (χ2v) is 8.15. The van der Waals surface area contributed by atoms with Crippen LogP contribution in [0.5, 0.6) is 0 Å². The van der Waals surface area contributed by atoms with E-state index >= 15 is 0 Å². The van der Waals surface area contributed by atoms with Gasteiger partial charge in [0.15, 0.2) is 5.96 Å². The highest BCUT2D eigenvalue weighted by molar-refractivity contribution is 7.09. The summed E-state index contributed by atoms with van der Waals surface area (Å²) >= 11 is 1.78. The van der Waals surface area contributed by atoms with Crippen molar-refractivity contribution in [3.8, 4) is 0 Å². The summed E-state index contributed by atoms with van der Waals surface area (Å²) < 4.78 is 0. The third kappa shape index (κ3) is 6.37. The molecule has 150 valence electrons. The van der Waals surface area contributed by atoms with Crippen LogP contribution in [0.2, 0.25) is 0 Å². The van der Waals surface area contributed by atoms with Gasteiger partial charge in [-0.05, 0) is 36.8 Å². The lowest BCUT2D eigenvalue weighted by Gasteiger charge is -2.16. The topological polar surface area (TPSA) is 56.7 Å². The fourth-order valence-corrected chi connectivity index (χ4v) is 4.13. The first-order valence-corrected chi connectivity index (χ1v) is 11.0. The minimum Gasteiger partial charge on any atom is -0.357 e. The van der Waals surface area contributed by atoms with Crippen LogP contribution >= 0.6 is 11.3 Å². The summed E-state index contributed by atoms with van der Waals surface area (Å²) in [5.41, 5.74) is 1.28. The number of guanidine groups is 1. The number of benzene rings is 1. The molecular weight excluding hydrogens is 368 g/mol. The van der Waals surface area contributed by atoms with E-state index in [-0.39, 0.29) is 5.91 Å². The van der Waals surface area contributed by atoms with Crippen molar-refractivity contribution < 1.29 is 4.79 Å². The predicted octanol–water partition coefficient (Wildman–Crippen LogP) is 2.94. The van der Waals surface area contributed by atoms with E-state index < -0.39 is 0 Å². The normalized spacial score (nSPS) is 17.2. The SMILES string of the molecule is CCNC(=NCC1CC(=O)N(CCc2ccccc2)C1)NCCc1cccs1. The average Bonchev–Trinajstić information content (AvgIpc) is 3.35. The van der Waals surface area contributed by atoms with Gasteiger partial charge in [-0.1, -0.05) is 36.4 Å². The Balaban J connectivity index is 1.44. The molecule has 6 heteroatoms. The number of nitrogens with one attached hydrogen (secondary N) is 2. The van der Waals surface area contributed by atoms with E-state index in [0.29, 0.717) is 18.9 Å². The summed E-state index contributed by atoms with van der Waals surface area (Å²) in [7, 11) is 0. The van der Waals surface area contributed by atoms with Crippen LogP contribution < -0.4 is 10.6 Å². The maximum absolute atomic E-state index is 12.3.